The second kappa shape index (κ2) is 9.74. The molecule has 0 aliphatic heterocycles. The van der Waals surface area contributed by atoms with Gasteiger partial charge in [0, 0.05) is 5.69 Å². The molecule has 0 fully saturated rings. The van der Waals surface area contributed by atoms with E-state index < -0.39 is 45.9 Å². The maximum Gasteiger partial charge on any atom is 0.418 e. The lowest BCUT2D eigenvalue weighted by Crippen LogP contribution is -2.22. The number of rotatable bonds is 7. The van der Waals surface area contributed by atoms with Crippen molar-refractivity contribution in [2.75, 3.05) is 16.6 Å². The molecule has 0 saturated heterocycles. The summed E-state index contributed by atoms with van der Waals surface area (Å²) in [6.45, 7) is -0.833. The van der Waals surface area contributed by atoms with Gasteiger partial charge in [0.15, 0.2) is 6.61 Å². The maximum atomic E-state index is 13.0. The molecule has 11 heteroatoms. The van der Waals surface area contributed by atoms with Gasteiger partial charge in [-0.3, -0.25) is 9.52 Å². The fraction of sp³-hybridized carbons (Fsp3) is 0.0909. The van der Waals surface area contributed by atoms with E-state index in [-0.39, 0.29) is 10.5 Å². The first kappa shape index (κ1) is 23.8. The molecule has 0 aliphatic rings. The minimum Gasteiger partial charge on any atom is -0.452 e. The Morgan fingerprint density at radius 1 is 0.848 bits per heavy atom. The molecule has 0 heterocycles. The molecule has 3 aromatic carbocycles. The number of nitrogens with one attached hydrogen (secondary N) is 2. The van der Waals surface area contributed by atoms with Crippen LogP contribution in [0.4, 0.5) is 24.5 Å². The van der Waals surface area contributed by atoms with Gasteiger partial charge in [-0.1, -0.05) is 30.3 Å². The Kier molecular flexibility index (Phi) is 7.02. The molecule has 33 heavy (non-hydrogen) atoms. The van der Waals surface area contributed by atoms with Gasteiger partial charge < -0.3 is 10.1 Å². The zero-order chi connectivity index (χ0) is 24.1. The van der Waals surface area contributed by atoms with Gasteiger partial charge in [-0.2, -0.15) is 13.2 Å². The molecule has 0 radical (unpaired) electrons. The van der Waals surface area contributed by atoms with Crippen molar-refractivity contribution in [1.29, 1.82) is 0 Å². The molecule has 1 amide bonds. The van der Waals surface area contributed by atoms with Crippen molar-refractivity contribution in [3.63, 3.8) is 0 Å². The lowest BCUT2D eigenvalue weighted by molar-refractivity contribution is -0.137. The summed E-state index contributed by atoms with van der Waals surface area (Å²) >= 11 is 0. The zero-order valence-corrected chi connectivity index (χ0v) is 17.6. The van der Waals surface area contributed by atoms with Crippen LogP contribution < -0.4 is 10.0 Å². The van der Waals surface area contributed by atoms with E-state index in [1.165, 1.54) is 36.4 Å². The number of para-hydroxylation sites is 2. The van der Waals surface area contributed by atoms with E-state index in [0.29, 0.717) is 5.69 Å². The summed E-state index contributed by atoms with van der Waals surface area (Å²) in [6, 6.07) is 17.3. The number of carbonyl (C=O) groups excluding carboxylic acids is 2. The summed E-state index contributed by atoms with van der Waals surface area (Å²) in [7, 11) is -3.89. The maximum absolute atomic E-state index is 13.0. The summed E-state index contributed by atoms with van der Waals surface area (Å²) in [5.41, 5.74) is -1.19. The van der Waals surface area contributed by atoms with Crippen LogP contribution in [0.3, 0.4) is 0 Å². The predicted molar refractivity (Wildman–Crippen MR) is 114 cm³/mol. The highest BCUT2D eigenvalue weighted by molar-refractivity contribution is 7.92. The van der Waals surface area contributed by atoms with Crippen molar-refractivity contribution in [2.24, 2.45) is 0 Å². The molecule has 172 valence electrons. The number of hydrogen-bond acceptors (Lipinski definition) is 5. The standard InChI is InChI=1S/C22H17F3N2O5S/c23-22(24,25)18-8-4-5-9-19(18)26-20(28)14-32-21(29)15-10-12-17(13-11-15)33(30,31)27-16-6-2-1-3-7-16/h1-13,27H,14H2,(H,26,28). The van der Waals surface area contributed by atoms with E-state index in [2.05, 4.69) is 10.0 Å². The first-order valence-electron chi connectivity index (χ1n) is 9.37. The second-order valence-electron chi connectivity index (χ2n) is 6.66. The molecule has 7 nitrogen and oxygen atoms in total. The third-order valence-electron chi connectivity index (χ3n) is 4.27. The first-order valence-corrected chi connectivity index (χ1v) is 10.9. The Morgan fingerprint density at radius 3 is 2.09 bits per heavy atom. The number of carbonyl (C=O) groups is 2. The molecule has 2 N–H and O–H groups in total. The van der Waals surface area contributed by atoms with Gasteiger partial charge in [0.05, 0.1) is 21.7 Å². The van der Waals surface area contributed by atoms with Crippen molar-refractivity contribution in [1.82, 2.24) is 0 Å². The predicted octanol–water partition coefficient (Wildman–Crippen LogP) is 4.30. The van der Waals surface area contributed by atoms with Gasteiger partial charge in [-0.05, 0) is 48.5 Å². The van der Waals surface area contributed by atoms with Crippen molar-refractivity contribution in [3.8, 4) is 0 Å². The monoisotopic (exact) mass is 478 g/mol. The van der Waals surface area contributed by atoms with Crippen LogP contribution in [0.2, 0.25) is 0 Å². The summed E-state index contributed by atoms with van der Waals surface area (Å²) in [6.07, 6.45) is -4.67. The Labute approximate surface area is 187 Å². The van der Waals surface area contributed by atoms with E-state index in [0.717, 1.165) is 12.1 Å². The van der Waals surface area contributed by atoms with Crippen molar-refractivity contribution >= 4 is 33.3 Å². The lowest BCUT2D eigenvalue weighted by atomic mass is 10.1. The van der Waals surface area contributed by atoms with Crippen LogP contribution in [0.15, 0.2) is 83.8 Å². The fourth-order valence-corrected chi connectivity index (χ4v) is 3.79. The van der Waals surface area contributed by atoms with Gasteiger partial charge in [-0.15, -0.1) is 0 Å². The second-order valence-corrected chi connectivity index (χ2v) is 8.35. The molecule has 0 saturated carbocycles. The smallest absolute Gasteiger partial charge is 0.418 e. The van der Waals surface area contributed by atoms with Crippen LogP contribution in [0.1, 0.15) is 15.9 Å². The molecule has 0 unspecified atom stereocenters. The number of benzene rings is 3. The van der Waals surface area contributed by atoms with Gasteiger partial charge >= 0.3 is 12.1 Å². The SMILES string of the molecule is O=C(COC(=O)c1ccc(S(=O)(=O)Nc2ccccc2)cc1)Nc1ccccc1C(F)(F)F. The van der Waals surface area contributed by atoms with Gasteiger partial charge in [0.25, 0.3) is 15.9 Å². The number of ether oxygens (including phenoxy) is 1. The number of halogens is 3. The molecule has 0 aromatic heterocycles. The van der Waals surface area contributed by atoms with Crippen LogP contribution in [0.5, 0.6) is 0 Å². The first-order chi connectivity index (χ1) is 15.6. The highest BCUT2D eigenvalue weighted by atomic mass is 32.2. The van der Waals surface area contributed by atoms with E-state index >= 15 is 0 Å². The van der Waals surface area contributed by atoms with Gasteiger partial charge in [-0.25, -0.2) is 13.2 Å². The van der Waals surface area contributed by atoms with E-state index in [1.807, 2.05) is 0 Å². The molecule has 0 aliphatic carbocycles. The quantitative estimate of drug-likeness (QED) is 0.493. The van der Waals surface area contributed by atoms with Crippen molar-refractivity contribution in [2.45, 2.75) is 11.1 Å². The molecule has 0 bridgehead atoms. The molecular formula is C22H17F3N2O5S. The topological polar surface area (TPSA) is 102 Å². The molecule has 0 atom stereocenters. The van der Waals surface area contributed by atoms with Gasteiger partial charge in [0.2, 0.25) is 0 Å². The highest BCUT2D eigenvalue weighted by Gasteiger charge is 2.33. The largest absolute Gasteiger partial charge is 0.452 e. The average molecular weight is 478 g/mol. The summed E-state index contributed by atoms with van der Waals surface area (Å²) < 4.78 is 71.0. The Hall–Kier alpha value is -3.86. The number of esters is 1. The Bertz CT molecular complexity index is 1250. The lowest BCUT2D eigenvalue weighted by Gasteiger charge is -2.13. The number of hydrogen-bond donors (Lipinski definition) is 2. The number of alkyl halides is 3. The molecule has 3 rings (SSSR count). The Balaban J connectivity index is 1.60. The van der Waals surface area contributed by atoms with Crippen LogP contribution in [-0.4, -0.2) is 26.9 Å². The molecular weight excluding hydrogens is 461 g/mol. The van der Waals surface area contributed by atoms with Crippen LogP contribution in [0, 0.1) is 0 Å². The average Bonchev–Trinajstić information content (AvgIpc) is 2.77. The minimum absolute atomic E-state index is 0.0443. The number of sulfonamides is 1. The van der Waals surface area contributed by atoms with E-state index in [4.69, 9.17) is 4.74 Å². The zero-order valence-electron chi connectivity index (χ0n) is 16.8. The number of amides is 1. The minimum atomic E-state index is -4.67. The van der Waals surface area contributed by atoms with Crippen LogP contribution >= 0.6 is 0 Å². The van der Waals surface area contributed by atoms with Crippen LogP contribution in [-0.2, 0) is 25.7 Å². The summed E-state index contributed by atoms with van der Waals surface area (Å²) in [5.74, 6) is -1.92. The molecule has 0 spiro atoms. The van der Waals surface area contributed by atoms with Gasteiger partial charge in [0.1, 0.15) is 0 Å². The third-order valence-corrected chi connectivity index (χ3v) is 5.66. The molecule has 3 aromatic rings. The Morgan fingerprint density at radius 2 is 1.45 bits per heavy atom. The van der Waals surface area contributed by atoms with Crippen LogP contribution in [0.25, 0.3) is 0 Å². The fourth-order valence-electron chi connectivity index (χ4n) is 2.73. The van der Waals surface area contributed by atoms with E-state index in [1.54, 1.807) is 30.3 Å². The highest BCUT2D eigenvalue weighted by Crippen LogP contribution is 2.34. The third kappa shape index (κ3) is 6.32. The van der Waals surface area contributed by atoms with E-state index in [9.17, 15) is 31.2 Å². The normalized spacial score (nSPS) is 11.5. The van der Waals surface area contributed by atoms with Crippen molar-refractivity contribution < 1.29 is 35.9 Å². The summed E-state index contributed by atoms with van der Waals surface area (Å²) in [4.78, 5) is 24.0. The van der Waals surface area contributed by atoms with Crippen molar-refractivity contribution in [3.05, 3.63) is 90.0 Å². The number of anilines is 2. The summed E-state index contributed by atoms with van der Waals surface area (Å²) in [5, 5.41) is 2.05.